The summed E-state index contributed by atoms with van der Waals surface area (Å²) in [6, 6.07) is 0. The zero-order valence-electron chi connectivity index (χ0n) is 17.5. The first-order chi connectivity index (χ1) is 12.0. The Hall–Kier alpha value is -0.830. The van der Waals surface area contributed by atoms with E-state index in [-0.39, 0.29) is 23.4 Å². The van der Waals surface area contributed by atoms with Gasteiger partial charge >= 0.3 is 5.97 Å². The first kappa shape index (κ1) is 19.9. The van der Waals surface area contributed by atoms with Crippen molar-refractivity contribution in [3.63, 3.8) is 0 Å². The van der Waals surface area contributed by atoms with Gasteiger partial charge in [0.15, 0.2) is 0 Å². The van der Waals surface area contributed by atoms with Gasteiger partial charge in [0.2, 0.25) is 0 Å². The highest BCUT2D eigenvalue weighted by atomic mass is 16.5. The number of allylic oxidation sites excluding steroid dienone is 1. The molecule has 26 heavy (non-hydrogen) atoms. The Balaban J connectivity index is 2.13. The molecular formula is C23H38O3. The summed E-state index contributed by atoms with van der Waals surface area (Å²) >= 11 is 0. The van der Waals surface area contributed by atoms with Crippen molar-refractivity contribution in [3.05, 3.63) is 12.2 Å². The van der Waals surface area contributed by atoms with Crippen LogP contribution in [0.3, 0.4) is 0 Å². The lowest BCUT2D eigenvalue weighted by Gasteiger charge is -2.64. The maximum atomic E-state index is 11.9. The van der Waals surface area contributed by atoms with Crippen LogP contribution in [0.15, 0.2) is 12.2 Å². The number of carbonyl (C=O) groups excluding carboxylic acids is 1. The summed E-state index contributed by atoms with van der Waals surface area (Å²) < 4.78 is 5.89. The van der Waals surface area contributed by atoms with Crippen molar-refractivity contribution in [2.45, 2.75) is 85.4 Å². The molecule has 148 valence electrons. The summed E-state index contributed by atoms with van der Waals surface area (Å²) in [5, 5.41) is 11.4. The molecule has 0 aliphatic heterocycles. The van der Waals surface area contributed by atoms with E-state index in [1.807, 2.05) is 6.92 Å². The molecule has 3 heteroatoms. The summed E-state index contributed by atoms with van der Waals surface area (Å²) in [7, 11) is 0. The highest BCUT2D eigenvalue weighted by Crippen LogP contribution is 2.64. The Labute approximate surface area is 159 Å². The summed E-state index contributed by atoms with van der Waals surface area (Å²) in [6.07, 6.45) is 4.75. The van der Waals surface area contributed by atoms with E-state index in [2.05, 4.69) is 34.3 Å². The average molecular weight is 363 g/mol. The molecule has 0 aromatic rings. The normalized spacial score (nSPS) is 48.7. The third-order valence-electron chi connectivity index (χ3n) is 8.39. The van der Waals surface area contributed by atoms with Crippen LogP contribution in [0.25, 0.3) is 0 Å². The maximum Gasteiger partial charge on any atom is 0.302 e. The quantitative estimate of drug-likeness (QED) is 0.557. The van der Waals surface area contributed by atoms with Gasteiger partial charge in [-0.15, -0.1) is 0 Å². The molecule has 0 spiro atoms. The molecule has 0 amide bonds. The number of fused-ring (bicyclic) bond motifs is 3. The van der Waals surface area contributed by atoms with Crippen LogP contribution in [0, 0.1) is 40.9 Å². The smallest absolute Gasteiger partial charge is 0.302 e. The van der Waals surface area contributed by atoms with Crippen LogP contribution < -0.4 is 0 Å². The lowest BCUT2D eigenvalue weighted by Crippen LogP contribution is -2.64. The molecule has 0 heterocycles. The van der Waals surface area contributed by atoms with E-state index in [9.17, 15) is 9.90 Å². The fraction of sp³-hybridized carbons (Fsp3) is 0.870. The van der Waals surface area contributed by atoms with Crippen molar-refractivity contribution in [3.8, 4) is 0 Å². The Morgan fingerprint density at radius 1 is 1.31 bits per heavy atom. The second kappa shape index (κ2) is 6.65. The minimum absolute atomic E-state index is 0.00711. The van der Waals surface area contributed by atoms with Gasteiger partial charge in [0.05, 0.1) is 5.60 Å². The molecule has 0 aromatic carbocycles. The molecule has 3 nitrogen and oxygen atoms in total. The number of hydrogen-bond acceptors (Lipinski definition) is 3. The number of esters is 1. The van der Waals surface area contributed by atoms with Crippen LogP contribution in [-0.2, 0) is 9.53 Å². The second-order valence-corrected chi connectivity index (χ2v) is 10.3. The molecule has 0 aromatic heterocycles. The lowest BCUT2D eigenvalue weighted by atomic mass is 9.42. The largest absolute Gasteiger partial charge is 0.462 e. The van der Waals surface area contributed by atoms with Gasteiger partial charge in [-0.2, -0.15) is 0 Å². The molecule has 3 fully saturated rings. The predicted octanol–water partition coefficient (Wildman–Crippen LogP) is 4.98. The maximum absolute atomic E-state index is 11.9. The predicted molar refractivity (Wildman–Crippen MR) is 104 cm³/mol. The Kier molecular flexibility index (Phi) is 5.10. The van der Waals surface area contributed by atoms with Crippen LogP contribution in [-0.4, -0.2) is 22.8 Å². The van der Waals surface area contributed by atoms with Crippen molar-refractivity contribution in [2.24, 2.45) is 40.9 Å². The van der Waals surface area contributed by atoms with Gasteiger partial charge in [-0.1, -0.05) is 39.8 Å². The molecule has 1 N–H and O–H groups in total. The van der Waals surface area contributed by atoms with Gasteiger partial charge in [-0.25, -0.2) is 0 Å². The lowest BCUT2D eigenvalue weighted by molar-refractivity contribution is -0.214. The minimum atomic E-state index is -0.779. The topological polar surface area (TPSA) is 46.5 Å². The van der Waals surface area contributed by atoms with Crippen molar-refractivity contribution < 1.29 is 14.6 Å². The van der Waals surface area contributed by atoms with E-state index < -0.39 is 5.60 Å². The molecule has 3 rings (SSSR count). The van der Waals surface area contributed by atoms with Crippen molar-refractivity contribution in [1.82, 2.24) is 0 Å². The summed E-state index contributed by atoms with van der Waals surface area (Å²) in [6.45, 7) is 17.3. The van der Waals surface area contributed by atoms with E-state index in [0.29, 0.717) is 29.6 Å². The van der Waals surface area contributed by atoms with Gasteiger partial charge in [-0.3, -0.25) is 4.79 Å². The fourth-order valence-electron chi connectivity index (χ4n) is 6.97. The van der Waals surface area contributed by atoms with Gasteiger partial charge in [0.1, 0.15) is 6.10 Å². The molecule has 0 unspecified atom stereocenters. The van der Waals surface area contributed by atoms with Crippen LogP contribution in [0.4, 0.5) is 0 Å². The van der Waals surface area contributed by atoms with Crippen molar-refractivity contribution in [2.75, 3.05) is 0 Å². The van der Waals surface area contributed by atoms with Gasteiger partial charge < -0.3 is 9.84 Å². The second-order valence-electron chi connectivity index (χ2n) is 10.3. The number of ether oxygens (including phenoxy) is 1. The van der Waals surface area contributed by atoms with E-state index in [4.69, 9.17) is 4.74 Å². The van der Waals surface area contributed by atoms with Gasteiger partial charge in [-0.05, 0) is 74.0 Å². The standard InChI is InChI=1S/C23H38O3/c1-13(2)17-10-11-23(7,25)21-18(26-16(5)24)12-22(6)15(4)9-8-14(3)20(22)19(17)21/h13,15,17-21,25H,3,8-12H2,1-2,4-7H3/t15-,17-,18+,19+,20+,21-,22+,23-/m1/s1. The van der Waals surface area contributed by atoms with Crippen molar-refractivity contribution in [1.29, 1.82) is 0 Å². The highest BCUT2D eigenvalue weighted by molar-refractivity contribution is 5.66. The average Bonchev–Trinajstić information content (AvgIpc) is 2.49. The van der Waals surface area contributed by atoms with Crippen molar-refractivity contribution >= 4 is 5.97 Å². The molecule has 8 atom stereocenters. The zero-order valence-corrected chi connectivity index (χ0v) is 17.5. The first-order valence-electron chi connectivity index (χ1n) is 10.6. The number of rotatable bonds is 2. The third kappa shape index (κ3) is 3.04. The molecule has 0 saturated heterocycles. The van der Waals surface area contributed by atoms with Crippen LogP contribution >= 0.6 is 0 Å². The van der Waals surface area contributed by atoms with E-state index in [1.54, 1.807) is 0 Å². The number of hydrogen-bond donors (Lipinski definition) is 1. The van der Waals surface area contributed by atoms with E-state index in [1.165, 1.54) is 18.9 Å². The third-order valence-corrected chi connectivity index (χ3v) is 8.39. The van der Waals surface area contributed by atoms with Gasteiger partial charge in [0.25, 0.3) is 0 Å². The zero-order chi connectivity index (χ0) is 19.4. The Morgan fingerprint density at radius 2 is 1.96 bits per heavy atom. The van der Waals surface area contributed by atoms with Crippen LogP contribution in [0.1, 0.15) is 73.6 Å². The fourth-order valence-corrected chi connectivity index (χ4v) is 6.97. The Bertz CT molecular complexity index is 578. The molecule has 3 aliphatic carbocycles. The molecule has 3 saturated carbocycles. The van der Waals surface area contributed by atoms with Gasteiger partial charge in [0, 0.05) is 12.8 Å². The summed E-state index contributed by atoms with van der Waals surface area (Å²) in [5.41, 5.74) is 0.681. The Morgan fingerprint density at radius 3 is 2.54 bits per heavy atom. The minimum Gasteiger partial charge on any atom is -0.462 e. The summed E-state index contributed by atoms with van der Waals surface area (Å²) in [5.74, 6) is 2.23. The first-order valence-corrected chi connectivity index (χ1v) is 10.6. The molecule has 0 bridgehead atoms. The van der Waals surface area contributed by atoms with E-state index in [0.717, 1.165) is 25.7 Å². The SMILES string of the molecule is C=C1CC[C@@H](C)[C@]2(C)C[C@H](OC(C)=O)[C@@H]3[C@@H]([C@@H](C(C)C)CC[C@@]3(C)O)[C@H]12. The molecular weight excluding hydrogens is 324 g/mol. The molecule has 3 aliphatic rings. The van der Waals surface area contributed by atoms with E-state index >= 15 is 0 Å². The monoisotopic (exact) mass is 362 g/mol. The molecule has 0 radical (unpaired) electrons. The summed E-state index contributed by atoms with van der Waals surface area (Å²) in [4.78, 5) is 11.9. The number of aliphatic hydroxyl groups is 1. The highest BCUT2D eigenvalue weighted by Gasteiger charge is 2.63. The number of carbonyl (C=O) groups is 1. The van der Waals surface area contributed by atoms with Crippen LogP contribution in [0.2, 0.25) is 0 Å². The van der Waals surface area contributed by atoms with Crippen LogP contribution in [0.5, 0.6) is 0 Å².